The van der Waals surface area contributed by atoms with Crippen LogP contribution >= 0.6 is 23.2 Å². The topological polar surface area (TPSA) is 49.4 Å². The van der Waals surface area contributed by atoms with Gasteiger partial charge in [0.15, 0.2) is 17.8 Å². The fourth-order valence-corrected chi connectivity index (χ4v) is 5.75. The molecule has 198 valence electrons. The van der Waals surface area contributed by atoms with Crippen molar-refractivity contribution in [2.75, 3.05) is 47.6 Å². The van der Waals surface area contributed by atoms with E-state index in [0.29, 0.717) is 33.9 Å². The van der Waals surface area contributed by atoms with Crippen LogP contribution in [-0.2, 0) is 21.4 Å². The number of halogens is 2. The lowest BCUT2D eigenvalue weighted by Crippen LogP contribution is -2.32. The Bertz CT molecular complexity index is 988. The molecule has 0 aliphatic carbocycles. The molecule has 2 fully saturated rings. The summed E-state index contributed by atoms with van der Waals surface area (Å²) in [6.45, 7) is 4.17. The molecule has 2 aliphatic rings. The Morgan fingerprint density at radius 3 is 2.42 bits per heavy atom. The predicted molar refractivity (Wildman–Crippen MR) is 143 cm³/mol. The van der Waals surface area contributed by atoms with Crippen LogP contribution in [0.3, 0.4) is 0 Å². The fourth-order valence-electron chi connectivity index (χ4n) is 5.46. The van der Waals surface area contributed by atoms with Crippen molar-refractivity contribution in [3.63, 3.8) is 0 Å². The summed E-state index contributed by atoms with van der Waals surface area (Å²) < 4.78 is 28.4. The second-order valence-electron chi connectivity index (χ2n) is 9.67. The molecule has 4 rings (SSSR count). The van der Waals surface area contributed by atoms with Gasteiger partial charge in [0.05, 0.1) is 31.4 Å². The summed E-state index contributed by atoms with van der Waals surface area (Å²) >= 11 is 12.7. The maximum absolute atomic E-state index is 6.45. The molecule has 8 heteroatoms. The van der Waals surface area contributed by atoms with Gasteiger partial charge in [-0.15, -0.1) is 0 Å². The Morgan fingerprint density at radius 2 is 1.78 bits per heavy atom. The van der Waals surface area contributed by atoms with Crippen molar-refractivity contribution < 1.29 is 23.7 Å². The zero-order valence-electron chi connectivity index (χ0n) is 21.5. The number of hydrogen-bond donors (Lipinski definition) is 0. The maximum Gasteiger partial charge on any atom is 0.203 e. The van der Waals surface area contributed by atoms with Crippen molar-refractivity contribution in [1.82, 2.24) is 4.90 Å². The van der Waals surface area contributed by atoms with Crippen molar-refractivity contribution >= 4 is 23.2 Å². The van der Waals surface area contributed by atoms with Gasteiger partial charge in [0, 0.05) is 31.7 Å². The van der Waals surface area contributed by atoms with Crippen LogP contribution in [0, 0.1) is 0 Å². The average Bonchev–Trinajstić information content (AvgIpc) is 3.31. The van der Waals surface area contributed by atoms with Crippen molar-refractivity contribution in [1.29, 1.82) is 0 Å². The lowest BCUT2D eigenvalue weighted by Gasteiger charge is -2.31. The molecular weight excluding hydrogens is 501 g/mol. The first-order chi connectivity index (χ1) is 17.5. The summed E-state index contributed by atoms with van der Waals surface area (Å²) in [4.78, 5) is 2.48. The largest absolute Gasteiger partial charge is 0.493 e. The normalized spacial score (nSPS) is 22.5. The number of hydrogen-bond acceptors (Lipinski definition) is 6. The molecular formula is C28H37Cl2NO5. The van der Waals surface area contributed by atoms with E-state index in [1.54, 1.807) is 21.3 Å². The van der Waals surface area contributed by atoms with E-state index in [2.05, 4.69) is 11.0 Å². The first-order valence-electron chi connectivity index (χ1n) is 12.7. The van der Waals surface area contributed by atoms with Crippen molar-refractivity contribution in [3.05, 3.63) is 51.5 Å². The molecule has 2 unspecified atom stereocenters. The average molecular weight is 539 g/mol. The maximum atomic E-state index is 6.45. The quantitative estimate of drug-likeness (QED) is 0.305. The molecule has 2 aliphatic heterocycles. The van der Waals surface area contributed by atoms with Gasteiger partial charge in [-0.3, -0.25) is 4.90 Å². The SMILES string of the molecule is COc1cc(CN2CCC(CCCOC3CCCCO3)(c3ccc(Cl)c(Cl)c3)C2)cc(OC)c1OC. The summed E-state index contributed by atoms with van der Waals surface area (Å²) in [5.41, 5.74) is 2.33. The minimum absolute atomic E-state index is 0.0222. The number of rotatable bonds is 11. The third kappa shape index (κ3) is 6.40. The number of nitrogens with zero attached hydrogens (tertiary/aromatic N) is 1. The number of benzene rings is 2. The van der Waals surface area contributed by atoms with Crippen LogP contribution in [-0.4, -0.2) is 58.8 Å². The Kier molecular flexibility index (Phi) is 9.65. The smallest absolute Gasteiger partial charge is 0.203 e. The Labute approximate surface area is 224 Å². The Morgan fingerprint density at radius 1 is 1.00 bits per heavy atom. The van der Waals surface area contributed by atoms with Crippen LogP contribution in [0.4, 0.5) is 0 Å². The molecule has 0 N–H and O–H groups in total. The second-order valence-corrected chi connectivity index (χ2v) is 10.5. The van der Waals surface area contributed by atoms with Gasteiger partial charge in [-0.2, -0.15) is 0 Å². The van der Waals surface area contributed by atoms with Crippen LogP contribution in [0.1, 0.15) is 49.7 Å². The highest BCUT2D eigenvalue weighted by molar-refractivity contribution is 6.42. The molecule has 2 heterocycles. The molecule has 2 aromatic rings. The molecule has 0 amide bonds. The second kappa shape index (κ2) is 12.7. The third-order valence-electron chi connectivity index (χ3n) is 7.34. The summed E-state index contributed by atoms with van der Waals surface area (Å²) in [6.07, 6.45) is 6.23. The van der Waals surface area contributed by atoms with Gasteiger partial charge in [-0.1, -0.05) is 29.3 Å². The first kappa shape index (κ1) is 27.3. The highest BCUT2D eigenvalue weighted by Gasteiger charge is 2.39. The van der Waals surface area contributed by atoms with E-state index in [0.717, 1.165) is 63.9 Å². The van der Waals surface area contributed by atoms with Crippen molar-refractivity contribution in [2.45, 2.75) is 56.8 Å². The highest BCUT2D eigenvalue weighted by atomic mass is 35.5. The molecule has 0 saturated carbocycles. The lowest BCUT2D eigenvalue weighted by molar-refractivity contribution is -0.163. The van der Waals surface area contributed by atoms with Gasteiger partial charge in [0.2, 0.25) is 5.75 Å². The zero-order chi connectivity index (χ0) is 25.5. The first-order valence-corrected chi connectivity index (χ1v) is 13.4. The van der Waals surface area contributed by atoms with E-state index in [1.807, 2.05) is 24.3 Å². The molecule has 0 bridgehead atoms. The van der Waals surface area contributed by atoms with E-state index < -0.39 is 0 Å². The highest BCUT2D eigenvalue weighted by Crippen LogP contribution is 2.43. The number of ether oxygens (including phenoxy) is 5. The molecule has 0 spiro atoms. The molecule has 2 atom stereocenters. The van der Waals surface area contributed by atoms with Crippen molar-refractivity contribution in [2.24, 2.45) is 0 Å². The minimum Gasteiger partial charge on any atom is -0.493 e. The van der Waals surface area contributed by atoms with Crippen LogP contribution in [0.25, 0.3) is 0 Å². The molecule has 6 nitrogen and oxygen atoms in total. The molecule has 0 radical (unpaired) electrons. The van der Waals surface area contributed by atoms with Crippen LogP contribution < -0.4 is 14.2 Å². The molecule has 0 aromatic heterocycles. The van der Waals surface area contributed by atoms with Gasteiger partial charge >= 0.3 is 0 Å². The van der Waals surface area contributed by atoms with E-state index in [1.165, 1.54) is 12.0 Å². The number of likely N-dealkylation sites (tertiary alicyclic amines) is 1. The summed E-state index contributed by atoms with van der Waals surface area (Å²) in [7, 11) is 4.91. The van der Waals surface area contributed by atoms with Gasteiger partial charge in [0.1, 0.15) is 0 Å². The van der Waals surface area contributed by atoms with E-state index in [9.17, 15) is 0 Å². The molecule has 2 saturated heterocycles. The van der Waals surface area contributed by atoms with E-state index >= 15 is 0 Å². The minimum atomic E-state index is -0.0558. The van der Waals surface area contributed by atoms with Gasteiger partial charge in [-0.05, 0) is 80.5 Å². The third-order valence-corrected chi connectivity index (χ3v) is 8.08. The van der Waals surface area contributed by atoms with Gasteiger partial charge in [0.25, 0.3) is 0 Å². The van der Waals surface area contributed by atoms with Crippen LogP contribution in [0.2, 0.25) is 10.0 Å². The van der Waals surface area contributed by atoms with Crippen LogP contribution in [0.15, 0.2) is 30.3 Å². The number of methoxy groups -OCH3 is 3. The summed E-state index contributed by atoms with van der Waals surface area (Å²) in [6, 6.07) is 10.1. The van der Waals surface area contributed by atoms with E-state index in [4.69, 9.17) is 46.9 Å². The molecule has 36 heavy (non-hydrogen) atoms. The Balaban J connectivity index is 1.48. The lowest BCUT2D eigenvalue weighted by atomic mass is 9.76. The van der Waals surface area contributed by atoms with Crippen molar-refractivity contribution in [3.8, 4) is 17.2 Å². The zero-order valence-corrected chi connectivity index (χ0v) is 23.0. The molecule has 2 aromatic carbocycles. The Hall–Kier alpha value is -1.70. The summed E-state index contributed by atoms with van der Waals surface area (Å²) in [5, 5.41) is 1.18. The monoisotopic (exact) mass is 537 g/mol. The van der Waals surface area contributed by atoms with Crippen LogP contribution in [0.5, 0.6) is 17.2 Å². The summed E-state index contributed by atoms with van der Waals surface area (Å²) in [5.74, 6) is 1.95. The predicted octanol–water partition coefficient (Wildman–Crippen LogP) is 6.49. The van der Waals surface area contributed by atoms with Gasteiger partial charge < -0.3 is 23.7 Å². The van der Waals surface area contributed by atoms with Gasteiger partial charge in [-0.25, -0.2) is 0 Å². The fraction of sp³-hybridized carbons (Fsp3) is 0.571. The van der Waals surface area contributed by atoms with E-state index in [-0.39, 0.29) is 11.7 Å². The standard InChI is InChI=1S/C28H37Cl2NO5/c1-32-24-15-20(16-25(33-2)27(24)34-3)18-31-12-11-28(19-31,21-8-9-22(29)23(30)17-21)10-6-14-36-26-7-4-5-13-35-26/h8-9,15-17,26H,4-7,10-14,18-19H2,1-3H3.